The molecule has 148 valence electrons. The minimum absolute atomic E-state index is 0.0415. The fraction of sp³-hybridized carbons (Fsp3) is 0.421. The van der Waals surface area contributed by atoms with Gasteiger partial charge in [-0.25, -0.2) is 0 Å². The maximum atomic E-state index is 13.3. The summed E-state index contributed by atoms with van der Waals surface area (Å²) in [7, 11) is 1.61. The van der Waals surface area contributed by atoms with Crippen LogP contribution in [0.25, 0.3) is 5.65 Å². The highest BCUT2D eigenvalue weighted by molar-refractivity contribution is 5.60. The SMILES string of the molecule is COc1ccc(C2CCCN2c2nn3c(C(F)(F)F)nnc3c(C)c2C)cc1. The topological polar surface area (TPSA) is 55.5 Å². The van der Waals surface area contributed by atoms with Gasteiger partial charge in [0.1, 0.15) is 5.75 Å². The number of nitrogens with zero attached hydrogens (tertiary/aromatic N) is 5. The molecule has 3 aromatic rings. The molecule has 1 unspecified atom stereocenters. The maximum absolute atomic E-state index is 13.3. The van der Waals surface area contributed by atoms with Crippen molar-refractivity contribution in [2.45, 2.75) is 38.9 Å². The van der Waals surface area contributed by atoms with Crippen molar-refractivity contribution in [2.75, 3.05) is 18.6 Å². The molecule has 0 bridgehead atoms. The molecule has 0 radical (unpaired) electrons. The average molecular weight is 391 g/mol. The number of halogens is 3. The highest BCUT2D eigenvalue weighted by atomic mass is 19.4. The number of alkyl halides is 3. The normalized spacial score (nSPS) is 17.5. The van der Waals surface area contributed by atoms with Crippen molar-refractivity contribution in [3.8, 4) is 5.75 Å². The fourth-order valence-electron chi connectivity index (χ4n) is 3.76. The largest absolute Gasteiger partial charge is 0.497 e. The summed E-state index contributed by atoms with van der Waals surface area (Å²) in [5.41, 5.74) is 2.67. The highest BCUT2D eigenvalue weighted by Gasteiger charge is 2.39. The summed E-state index contributed by atoms with van der Waals surface area (Å²) in [4.78, 5) is 2.07. The van der Waals surface area contributed by atoms with Gasteiger partial charge in [0.15, 0.2) is 11.5 Å². The maximum Gasteiger partial charge on any atom is 0.453 e. The summed E-state index contributed by atoms with van der Waals surface area (Å²) in [6, 6.07) is 7.80. The van der Waals surface area contributed by atoms with Crippen LogP contribution in [0.5, 0.6) is 5.75 Å². The zero-order valence-corrected chi connectivity index (χ0v) is 15.8. The predicted octanol–water partition coefficient (Wildman–Crippen LogP) is 4.11. The Labute approximate surface area is 159 Å². The molecule has 28 heavy (non-hydrogen) atoms. The van der Waals surface area contributed by atoms with Crippen LogP contribution in [0.2, 0.25) is 0 Å². The van der Waals surface area contributed by atoms with Gasteiger partial charge in [-0.3, -0.25) is 0 Å². The zero-order valence-electron chi connectivity index (χ0n) is 15.8. The first kappa shape index (κ1) is 18.5. The molecule has 1 aliphatic heterocycles. The Morgan fingerprint density at radius 3 is 2.43 bits per heavy atom. The second-order valence-electron chi connectivity index (χ2n) is 6.95. The molecule has 0 spiro atoms. The van der Waals surface area contributed by atoms with Crippen LogP contribution in [0.3, 0.4) is 0 Å². The molecule has 6 nitrogen and oxygen atoms in total. The molecule has 1 aromatic carbocycles. The van der Waals surface area contributed by atoms with E-state index in [1.54, 1.807) is 14.0 Å². The standard InChI is InChI=1S/C19H20F3N5O/c1-11-12(2)17(25-27-16(11)23-24-18(27)19(20,21)22)26-10-4-5-15(26)13-6-8-14(28-3)9-7-13/h6-9,15H,4-5,10H2,1-3H3. The number of ether oxygens (including phenoxy) is 1. The van der Waals surface area contributed by atoms with Gasteiger partial charge in [-0.15, -0.1) is 15.3 Å². The highest BCUT2D eigenvalue weighted by Crippen LogP contribution is 2.38. The first-order chi connectivity index (χ1) is 13.3. The molecule has 0 saturated carbocycles. The van der Waals surface area contributed by atoms with E-state index in [4.69, 9.17) is 4.74 Å². The minimum Gasteiger partial charge on any atom is -0.497 e. The first-order valence-electron chi connectivity index (χ1n) is 9.01. The average Bonchev–Trinajstić information content (AvgIpc) is 3.31. The Morgan fingerprint density at radius 2 is 1.79 bits per heavy atom. The molecule has 0 N–H and O–H groups in total. The fourth-order valence-corrected chi connectivity index (χ4v) is 3.76. The molecule has 4 rings (SSSR count). The predicted molar refractivity (Wildman–Crippen MR) is 97.6 cm³/mol. The quantitative estimate of drug-likeness (QED) is 0.673. The molecule has 1 saturated heterocycles. The second kappa shape index (κ2) is 6.65. The Kier molecular flexibility index (Phi) is 4.40. The first-order valence-corrected chi connectivity index (χ1v) is 9.01. The summed E-state index contributed by atoms with van der Waals surface area (Å²) in [6.07, 6.45) is -2.78. The van der Waals surface area contributed by atoms with Gasteiger partial charge in [0.05, 0.1) is 13.2 Å². The van der Waals surface area contributed by atoms with Crippen molar-refractivity contribution >= 4 is 11.5 Å². The third-order valence-corrected chi connectivity index (χ3v) is 5.35. The van der Waals surface area contributed by atoms with E-state index >= 15 is 0 Å². The molecular weight excluding hydrogens is 371 g/mol. The van der Waals surface area contributed by atoms with Gasteiger partial charge in [-0.05, 0) is 44.4 Å². The zero-order chi connectivity index (χ0) is 20.1. The number of benzene rings is 1. The van der Waals surface area contributed by atoms with Crippen LogP contribution in [0, 0.1) is 13.8 Å². The molecule has 2 aromatic heterocycles. The molecular formula is C19H20F3N5O. The Bertz CT molecular complexity index is 1010. The van der Waals surface area contributed by atoms with Crippen LogP contribution < -0.4 is 9.64 Å². The summed E-state index contributed by atoms with van der Waals surface area (Å²) in [6.45, 7) is 4.34. The Balaban J connectivity index is 1.81. The van der Waals surface area contributed by atoms with E-state index in [0.717, 1.165) is 40.8 Å². The summed E-state index contributed by atoms with van der Waals surface area (Å²) in [5, 5.41) is 11.4. The number of hydrogen-bond acceptors (Lipinski definition) is 5. The number of aromatic nitrogens is 4. The van der Waals surface area contributed by atoms with Crippen LogP contribution >= 0.6 is 0 Å². The Hall–Kier alpha value is -2.84. The third kappa shape index (κ3) is 2.94. The van der Waals surface area contributed by atoms with E-state index in [0.29, 0.717) is 11.4 Å². The van der Waals surface area contributed by atoms with Gasteiger partial charge in [-0.2, -0.15) is 17.7 Å². The lowest BCUT2D eigenvalue weighted by Crippen LogP contribution is -2.26. The lowest BCUT2D eigenvalue weighted by atomic mass is 10.0. The van der Waals surface area contributed by atoms with Crippen molar-refractivity contribution in [3.63, 3.8) is 0 Å². The molecule has 0 aliphatic carbocycles. The number of anilines is 1. The number of rotatable bonds is 3. The van der Waals surface area contributed by atoms with Crippen molar-refractivity contribution in [2.24, 2.45) is 0 Å². The van der Waals surface area contributed by atoms with Crippen molar-refractivity contribution in [3.05, 3.63) is 46.8 Å². The van der Waals surface area contributed by atoms with E-state index in [-0.39, 0.29) is 11.7 Å². The third-order valence-electron chi connectivity index (χ3n) is 5.35. The van der Waals surface area contributed by atoms with E-state index in [1.807, 2.05) is 31.2 Å². The molecule has 3 heterocycles. The number of methoxy groups -OCH3 is 1. The molecule has 0 amide bonds. The number of fused-ring (bicyclic) bond motifs is 1. The summed E-state index contributed by atoms with van der Waals surface area (Å²) >= 11 is 0. The van der Waals surface area contributed by atoms with E-state index in [1.165, 1.54) is 0 Å². The lowest BCUT2D eigenvalue weighted by molar-refractivity contribution is -0.146. The number of hydrogen-bond donors (Lipinski definition) is 0. The molecule has 9 heteroatoms. The smallest absolute Gasteiger partial charge is 0.453 e. The van der Waals surface area contributed by atoms with Crippen LogP contribution in [-0.2, 0) is 6.18 Å². The second-order valence-corrected chi connectivity index (χ2v) is 6.95. The van der Waals surface area contributed by atoms with Gasteiger partial charge in [0.2, 0.25) is 0 Å². The van der Waals surface area contributed by atoms with Crippen molar-refractivity contribution in [1.82, 2.24) is 19.8 Å². The minimum atomic E-state index is -4.62. The Morgan fingerprint density at radius 1 is 1.07 bits per heavy atom. The van der Waals surface area contributed by atoms with Crippen LogP contribution in [0.4, 0.5) is 19.0 Å². The lowest BCUT2D eigenvalue weighted by Gasteiger charge is -2.28. The van der Waals surface area contributed by atoms with Crippen LogP contribution in [0.1, 0.15) is 41.4 Å². The van der Waals surface area contributed by atoms with Gasteiger partial charge < -0.3 is 9.64 Å². The van der Waals surface area contributed by atoms with Crippen molar-refractivity contribution in [1.29, 1.82) is 0 Å². The van der Waals surface area contributed by atoms with E-state index in [2.05, 4.69) is 20.2 Å². The van der Waals surface area contributed by atoms with Crippen molar-refractivity contribution < 1.29 is 17.9 Å². The molecule has 1 atom stereocenters. The summed E-state index contributed by atoms with van der Waals surface area (Å²) < 4.78 is 46.0. The number of aryl methyl sites for hydroxylation is 1. The molecule has 1 fully saturated rings. The van der Waals surface area contributed by atoms with Gasteiger partial charge in [0.25, 0.3) is 5.82 Å². The van der Waals surface area contributed by atoms with Crippen LogP contribution in [0.15, 0.2) is 24.3 Å². The molecule has 1 aliphatic rings. The summed E-state index contributed by atoms with van der Waals surface area (Å²) in [5.74, 6) is 0.194. The van der Waals surface area contributed by atoms with Gasteiger partial charge >= 0.3 is 6.18 Å². The van der Waals surface area contributed by atoms with E-state index in [9.17, 15) is 13.2 Å². The van der Waals surface area contributed by atoms with Gasteiger partial charge in [-0.1, -0.05) is 12.1 Å². The van der Waals surface area contributed by atoms with Crippen LogP contribution in [-0.4, -0.2) is 33.5 Å². The monoisotopic (exact) mass is 391 g/mol. The van der Waals surface area contributed by atoms with E-state index < -0.39 is 12.0 Å². The van der Waals surface area contributed by atoms with Gasteiger partial charge in [0, 0.05) is 17.7 Å².